The fourth-order valence-corrected chi connectivity index (χ4v) is 5.74. The first-order chi connectivity index (χ1) is 16.3. The van der Waals surface area contributed by atoms with E-state index in [-0.39, 0.29) is 29.5 Å². The number of aliphatic hydroxyl groups is 1. The Bertz CT molecular complexity index is 1450. The van der Waals surface area contributed by atoms with Crippen LogP contribution in [0.15, 0.2) is 66.2 Å². The average molecular weight is 473 g/mol. The molecule has 0 radical (unpaired) electrons. The van der Waals surface area contributed by atoms with Gasteiger partial charge >= 0.3 is 0 Å². The van der Waals surface area contributed by atoms with E-state index >= 15 is 0 Å². The van der Waals surface area contributed by atoms with Crippen molar-refractivity contribution in [2.24, 2.45) is 0 Å². The smallest absolute Gasteiger partial charge is 0.256 e. The molecule has 0 aromatic heterocycles. The fourth-order valence-electron chi connectivity index (χ4n) is 5.57. The molecule has 3 N–H and O–H groups in total. The summed E-state index contributed by atoms with van der Waals surface area (Å²) < 4.78 is 0. The number of carbonyl (C=O) groups excluding carboxylic acids is 2. The summed E-state index contributed by atoms with van der Waals surface area (Å²) in [6, 6.07) is 17.2. The number of amides is 1. The molecule has 6 rings (SSSR count). The predicted molar refractivity (Wildman–Crippen MR) is 128 cm³/mol. The summed E-state index contributed by atoms with van der Waals surface area (Å²) in [5, 5.41) is 27.3. The van der Waals surface area contributed by atoms with Crippen molar-refractivity contribution in [2.45, 2.75) is 18.6 Å². The first-order valence-corrected chi connectivity index (χ1v) is 11.5. The van der Waals surface area contributed by atoms with E-state index in [2.05, 4.69) is 5.32 Å². The van der Waals surface area contributed by atoms with Gasteiger partial charge in [0.15, 0.2) is 11.5 Å². The summed E-state index contributed by atoms with van der Waals surface area (Å²) in [6.45, 7) is 2.31. The first-order valence-electron chi connectivity index (χ1n) is 11.1. The number of aryl methyl sites for hydroxylation is 1. The number of fused-ring (bicyclic) bond motifs is 5. The van der Waals surface area contributed by atoms with Gasteiger partial charge in [0, 0.05) is 51.5 Å². The molecule has 0 bridgehead atoms. The van der Waals surface area contributed by atoms with Gasteiger partial charge < -0.3 is 20.4 Å². The van der Waals surface area contributed by atoms with Gasteiger partial charge in [0.2, 0.25) is 0 Å². The van der Waals surface area contributed by atoms with Crippen LogP contribution in [0, 0.1) is 6.92 Å². The second-order valence-corrected chi connectivity index (χ2v) is 9.32. The molecular weight excluding hydrogens is 452 g/mol. The normalized spacial score (nSPS) is 23.0. The van der Waals surface area contributed by atoms with E-state index in [4.69, 9.17) is 11.6 Å². The number of Topliss-reactive ketones (excluding diaryl/α,β-unsaturated/α-hetero) is 1. The Kier molecular flexibility index (Phi) is 4.43. The third kappa shape index (κ3) is 2.61. The van der Waals surface area contributed by atoms with Crippen molar-refractivity contribution in [3.05, 3.63) is 105 Å². The molecule has 2 unspecified atom stereocenters. The molecule has 0 fully saturated rings. The molecule has 170 valence electrons. The van der Waals surface area contributed by atoms with Crippen molar-refractivity contribution in [3.63, 3.8) is 0 Å². The largest absolute Gasteiger partial charge is 0.508 e. The molecule has 3 aromatic carbocycles. The van der Waals surface area contributed by atoms with E-state index in [0.29, 0.717) is 45.1 Å². The summed E-state index contributed by atoms with van der Waals surface area (Å²) in [5.74, 6) is -1.77. The number of nitrogens with zero attached hydrogens (tertiary/aromatic N) is 1. The molecule has 6 nitrogen and oxygen atoms in total. The highest BCUT2D eigenvalue weighted by Gasteiger charge is 2.58. The molecule has 0 saturated heterocycles. The number of hydrogen-bond acceptors (Lipinski definition) is 5. The van der Waals surface area contributed by atoms with Crippen LogP contribution >= 0.6 is 11.6 Å². The van der Waals surface area contributed by atoms with Gasteiger partial charge in [-0.25, -0.2) is 0 Å². The number of phenols is 1. The minimum absolute atomic E-state index is 0.103. The first kappa shape index (κ1) is 21.0. The molecule has 2 aliphatic heterocycles. The minimum Gasteiger partial charge on any atom is -0.508 e. The molecule has 7 heteroatoms. The van der Waals surface area contributed by atoms with Gasteiger partial charge in [-0.05, 0) is 30.7 Å². The Labute approximate surface area is 201 Å². The maximum atomic E-state index is 13.8. The molecular formula is C27H21ClN2O4. The van der Waals surface area contributed by atoms with E-state index in [1.54, 1.807) is 49.4 Å². The number of hydrogen-bond donors (Lipinski definition) is 3. The number of benzene rings is 3. The zero-order valence-corrected chi connectivity index (χ0v) is 19.1. The van der Waals surface area contributed by atoms with Gasteiger partial charge in [-0.2, -0.15) is 0 Å². The Morgan fingerprint density at radius 3 is 2.47 bits per heavy atom. The van der Waals surface area contributed by atoms with Gasteiger partial charge in [0.25, 0.3) is 5.91 Å². The lowest BCUT2D eigenvalue weighted by Gasteiger charge is -2.43. The zero-order chi connectivity index (χ0) is 23.8. The molecule has 3 aromatic rings. The molecule has 0 saturated carbocycles. The maximum absolute atomic E-state index is 13.8. The third-order valence-corrected chi connectivity index (χ3v) is 7.52. The van der Waals surface area contributed by atoms with E-state index in [1.807, 2.05) is 12.1 Å². The van der Waals surface area contributed by atoms with E-state index in [0.717, 1.165) is 5.56 Å². The highest BCUT2D eigenvalue weighted by Crippen LogP contribution is 2.55. The second-order valence-electron chi connectivity index (χ2n) is 8.91. The monoisotopic (exact) mass is 472 g/mol. The van der Waals surface area contributed by atoms with E-state index in [9.17, 15) is 19.8 Å². The molecule has 2 heterocycles. The lowest BCUT2D eigenvalue weighted by atomic mass is 9.76. The van der Waals surface area contributed by atoms with Crippen molar-refractivity contribution in [1.82, 2.24) is 10.2 Å². The van der Waals surface area contributed by atoms with Crippen LogP contribution in [0.5, 0.6) is 5.75 Å². The number of carbonyl (C=O) groups is 2. The van der Waals surface area contributed by atoms with Crippen LogP contribution in [0.25, 0.3) is 5.70 Å². The van der Waals surface area contributed by atoms with Crippen molar-refractivity contribution >= 4 is 29.0 Å². The number of nitrogens with one attached hydrogen (secondary N) is 1. The maximum Gasteiger partial charge on any atom is 0.256 e. The van der Waals surface area contributed by atoms with Gasteiger partial charge in [0.05, 0.1) is 11.6 Å². The highest BCUT2D eigenvalue weighted by atomic mass is 35.5. The molecule has 2 atom stereocenters. The van der Waals surface area contributed by atoms with E-state index < -0.39 is 11.6 Å². The Morgan fingerprint density at radius 1 is 1.03 bits per heavy atom. The molecule has 0 spiro atoms. The molecule has 3 aliphatic rings. The SMILES string of the molecule is Cc1cc(O)c(C2C3=C(NCCN4C(=O)c5ccccc5C24O)c2ccccc2C3=O)cc1Cl. The Morgan fingerprint density at radius 2 is 1.71 bits per heavy atom. The van der Waals surface area contributed by atoms with Crippen LogP contribution in [0.4, 0.5) is 0 Å². The quantitative estimate of drug-likeness (QED) is 0.499. The van der Waals surface area contributed by atoms with Crippen LogP contribution in [0.1, 0.15) is 48.9 Å². The number of ketones is 1. The van der Waals surface area contributed by atoms with Gasteiger partial charge in [-0.3, -0.25) is 9.59 Å². The topological polar surface area (TPSA) is 89.9 Å². The summed E-state index contributed by atoms with van der Waals surface area (Å²) in [4.78, 5) is 28.7. The lowest BCUT2D eigenvalue weighted by molar-refractivity contribution is -0.0972. The zero-order valence-electron chi connectivity index (χ0n) is 18.3. The standard InChI is InChI=1S/C27H21ClN2O4/c1-14-12-21(31)18(13-20(14)28)23-22-24(15-6-2-3-7-16(15)25(22)32)29-10-11-30-26(33)17-8-4-5-9-19(17)27(23,30)34/h2-9,12-13,23,29,31,34H,10-11H2,1H3. The van der Waals surface area contributed by atoms with Crippen LogP contribution in [0.3, 0.4) is 0 Å². The van der Waals surface area contributed by atoms with Crippen LogP contribution in [-0.4, -0.2) is 39.9 Å². The minimum atomic E-state index is -1.90. The van der Waals surface area contributed by atoms with Crippen molar-refractivity contribution in [2.75, 3.05) is 13.1 Å². The number of phenolic OH excluding ortho intramolecular Hbond substituents is 1. The van der Waals surface area contributed by atoms with Gasteiger partial charge in [-0.15, -0.1) is 0 Å². The van der Waals surface area contributed by atoms with Crippen LogP contribution in [-0.2, 0) is 5.72 Å². The lowest BCUT2D eigenvalue weighted by Crippen LogP contribution is -2.52. The molecule has 1 amide bonds. The average Bonchev–Trinajstić information content (AvgIpc) is 3.21. The van der Waals surface area contributed by atoms with Crippen LogP contribution < -0.4 is 5.32 Å². The van der Waals surface area contributed by atoms with Crippen molar-refractivity contribution < 1.29 is 19.8 Å². The van der Waals surface area contributed by atoms with E-state index in [1.165, 1.54) is 11.0 Å². The summed E-state index contributed by atoms with van der Waals surface area (Å²) in [7, 11) is 0. The predicted octanol–water partition coefficient (Wildman–Crippen LogP) is 3.95. The Hall–Kier alpha value is -3.61. The molecule has 1 aliphatic carbocycles. The van der Waals surface area contributed by atoms with Crippen LogP contribution in [0.2, 0.25) is 5.02 Å². The third-order valence-electron chi connectivity index (χ3n) is 7.11. The van der Waals surface area contributed by atoms with Crippen molar-refractivity contribution in [3.8, 4) is 5.75 Å². The summed E-state index contributed by atoms with van der Waals surface area (Å²) in [5.41, 5.74) is 1.97. The van der Waals surface area contributed by atoms with Gasteiger partial charge in [-0.1, -0.05) is 54.1 Å². The summed E-state index contributed by atoms with van der Waals surface area (Å²) >= 11 is 6.47. The van der Waals surface area contributed by atoms with Crippen molar-refractivity contribution in [1.29, 1.82) is 0 Å². The second kappa shape index (κ2) is 7.19. The highest BCUT2D eigenvalue weighted by molar-refractivity contribution is 6.31. The number of rotatable bonds is 1. The Balaban J connectivity index is 1.72. The molecule has 34 heavy (non-hydrogen) atoms. The fraction of sp³-hybridized carbons (Fsp3) is 0.185. The van der Waals surface area contributed by atoms with Gasteiger partial charge in [0.1, 0.15) is 5.75 Å². The number of aromatic hydroxyl groups is 1. The number of halogens is 1. The summed E-state index contributed by atoms with van der Waals surface area (Å²) in [6.07, 6.45) is 0.